The van der Waals surface area contributed by atoms with E-state index < -0.39 is 0 Å². The monoisotopic (exact) mass is 272 g/mol. The minimum Gasteiger partial charge on any atom is -0.378 e. The molecular formula is C13H18ClFN2O. The molecule has 0 radical (unpaired) electrons. The highest BCUT2D eigenvalue weighted by Crippen LogP contribution is 2.42. The Labute approximate surface area is 111 Å². The normalized spacial score (nSPS) is 19.3. The second-order valence-electron chi connectivity index (χ2n) is 4.83. The Bertz CT molecular complexity index is 418. The van der Waals surface area contributed by atoms with E-state index in [9.17, 15) is 4.39 Å². The Morgan fingerprint density at radius 3 is 2.78 bits per heavy atom. The Morgan fingerprint density at radius 2 is 2.28 bits per heavy atom. The van der Waals surface area contributed by atoms with Crippen molar-refractivity contribution in [1.29, 1.82) is 0 Å². The summed E-state index contributed by atoms with van der Waals surface area (Å²) in [5.74, 6) is 5.27. The van der Waals surface area contributed by atoms with Gasteiger partial charge in [0.05, 0.1) is 11.6 Å². The fourth-order valence-electron chi connectivity index (χ4n) is 2.48. The molecule has 3 nitrogen and oxygen atoms in total. The molecule has 5 heteroatoms. The van der Waals surface area contributed by atoms with Crippen molar-refractivity contribution in [2.75, 3.05) is 7.11 Å². The van der Waals surface area contributed by atoms with E-state index in [1.165, 1.54) is 12.1 Å². The molecule has 0 amide bonds. The smallest absolute Gasteiger partial charge is 0.123 e. The lowest BCUT2D eigenvalue weighted by Gasteiger charge is -2.42. The van der Waals surface area contributed by atoms with Crippen molar-refractivity contribution < 1.29 is 9.13 Å². The second kappa shape index (κ2) is 5.53. The number of hydrogen-bond donors (Lipinski definition) is 2. The molecule has 1 fully saturated rings. The van der Waals surface area contributed by atoms with Crippen LogP contribution in [0.15, 0.2) is 18.2 Å². The summed E-state index contributed by atoms with van der Waals surface area (Å²) in [6.07, 6.45) is 3.87. The Kier molecular flexibility index (Phi) is 4.22. The highest BCUT2D eigenvalue weighted by Gasteiger charge is 2.39. The molecule has 1 aromatic carbocycles. The average Bonchev–Trinajstić information content (AvgIpc) is 2.32. The molecule has 1 atom stereocenters. The van der Waals surface area contributed by atoms with E-state index in [0.29, 0.717) is 17.0 Å². The molecule has 1 unspecified atom stereocenters. The van der Waals surface area contributed by atoms with Crippen LogP contribution in [0, 0.1) is 5.82 Å². The van der Waals surface area contributed by atoms with Crippen LogP contribution in [0.4, 0.5) is 4.39 Å². The van der Waals surface area contributed by atoms with Crippen LogP contribution in [-0.2, 0) is 4.74 Å². The lowest BCUT2D eigenvalue weighted by Crippen LogP contribution is -2.44. The van der Waals surface area contributed by atoms with Gasteiger partial charge in [0.15, 0.2) is 0 Å². The summed E-state index contributed by atoms with van der Waals surface area (Å²) in [5, 5.41) is 0.518. The number of benzene rings is 1. The Hall–Kier alpha value is -0.680. The number of rotatable bonds is 5. The summed E-state index contributed by atoms with van der Waals surface area (Å²) in [4.78, 5) is 0. The number of ether oxygens (including phenoxy) is 1. The molecule has 1 aliphatic rings. The third-order valence-corrected chi connectivity index (χ3v) is 4.15. The van der Waals surface area contributed by atoms with Gasteiger partial charge in [-0.1, -0.05) is 11.6 Å². The molecule has 100 valence electrons. The van der Waals surface area contributed by atoms with E-state index in [1.54, 1.807) is 13.2 Å². The van der Waals surface area contributed by atoms with E-state index in [4.69, 9.17) is 22.2 Å². The summed E-state index contributed by atoms with van der Waals surface area (Å²) in [5.41, 5.74) is 3.25. The zero-order valence-electron chi connectivity index (χ0n) is 10.4. The molecule has 0 aliphatic heterocycles. The number of hydrogen-bond acceptors (Lipinski definition) is 3. The van der Waals surface area contributed by atoms with Crippen molar-refractivity contribution in [3.63, 3.8) is 0 Å². The zero-order valence-corrected chi connectivity index (χ0v) is 11.1. The molecule has 0 saturated heterocycles. The van der Waals surface area contributed by atoms with Crippen LogP contribution in [0.25, 0.3) is 0 Å². The largest absolute Gasteiger partial charge is 0.378 e. The molecular weight excluding hydrogens is 255 g/mol. The lowest BCUT2D eigenvalue weighted by atomic mass is 9.75. The van der Waals surface area contributed by atoms with E-state index in [-0.39, 0.29) is 17.5 Å². The second-order valence-corrected chi connectivity index (χ2v) is 5.24. The van der Waals surface area contributed by atoms with Crippen molar-refractivity contribution >= 4 is 11.6 Å². The third kappa shape index (κ3) is 2.67. The van der Waals surface area contributed by atoms with Gasteiger partial charge in [0.25, 0.3) is 0 Å². The van der Waals surface area contributed by atoms with E-state index in [2.05, 4.69) is 5.43 Å². The molecule has 0 heterocycles. The maximum absolute atomic E-state index is 13.3. The van der Waals surface area contributed by atoms with E-state index in [0.717, 1.165) is 19.3 Å². The summed E-state index contributed by atoms with van der Waals surface area (Å²) >= 11 is 6.10. The molecule has 0 spiro atoms. The summed E-state index contributed by atoms with van der Waals surface area (Å²) in [7, 11) is 1.71. The molecule has 1 saturated carbocycles. The van der Waals surface area contributed by atoms with Gasteiger partial charge < -0.3 is 4.74 Å². The first kappa shape index (κ1) is 13.7. The molecule has 18 heavy (non-hydrogen) atoms. The van der Waals surface area contributed by atoms with Gasteiger partial charge in [-0.15, -0.1) is 0 Å². The maximum atomic E-state index is 13.3. The molecule has 0 aromatic heterocycles. The predicted molar refractivity (Wildman–Crippen MR) is 69.7 cm³/mol. The van der Waals surface area contributed by atoms with Crippen LogP contribution in [-0.4, -0.2) is 12.7 Å². The van der Waals surface area contributed by atoms with Gasteiger partial charge in [-0.3, -0.25) is 11.3 Å². The van der Waals surface area contributed by atoms with Gasteiger partial charge in [0.1, 0.15) is 5.82 Å². The third-order valence-electron chi connectivity index (χ3n) is 3.81. The molecule has 1 aliphatic carbocycles. The number of halogens is 2. The number of nitrogens with two attached hydrogens (primary N) is 1. The van der Waals surface area contributed by atoms with Crippen molar-refractivity contribution in [3.05, 3.63) is 34.6 Å². The van der Waals surface area contributed by atoms with Crippen molar-refractivity contribution in [2.45, 2.75) is 37.3 Å². The maximum Gasteiger partial charge on any atom is 0.123 e. The van der Waals surface area contributed by atoms with Gasteiger partial charge in [0.2, 0.25) is 0 Å². The summed E-state index contributed by atoms with van der Waals surface area (Å²) in [6, 6.07) is 4.12. The quantitative estimate of drug-likeness (QED) is 0.640. The number of methoxy groups -OCH3 is 1. The van der Waals surface area contributed by atoms with Gasteiger partial charge in [0, 0.05) is 12.1 Å². The molecule has 3 N–H and O–H groups in total. The first-order valence-electron chi connectivity index (χ1n) is 6.06. The number of hydrazine groups is 1. The van der Waals surface area contributed by atoms with Gasteiger partial charge in [-0.2, -0.15) is 0 Å². The van der Waals surface area contributed by atoms with Crippen LogP contribution in [0.5, 0.6) is 0 Å². The van der Waals surface area contributed by atoms with E-state index in [1.807, 2.05) is 0 Å². The summed E-state index contributed by atoms with van der Waals surface area (Å²) < 4.78 is 18.9. The van der Waals surface area contributed by atoms with E-state index >= 15 is 0 Å². The van der Waals surface area contributed by atoms with Crippen molar-refractivity contribution in [1.82, 2.24) is 5.43 Å². The van der Waals surface area contributed by atoms with Gasteiger partial charge in [-0.05, 0) is 49.4 Å². The SMILES string of the molecule is COC1(CC(NN)c2cc(F)ccc2Cl)CCC1. The fourth-order valence-corrected chi connectivity index (χ4v) is 2.72. The predicted octanol–water partition coefficient (Wildman–Crippen LogP) is 2.94. The molecule has 2 rings (SSSR count). The minimum atomic E-state index is -0.310. The van der Waals surface area contributed by atoms with Crippen LogP contribution < -0.4 is 11.3 Å². The van der Waals surface area contributed by atoms with Crippen molar-refractivity contribution in [3.8, 4) is 0 Å². The van der Waals surface area contributed by atoms with Crippen LogP contribution >= 0.6 is 11.6 Å². The topological polar surface area (TPSA) is 47.3 Å². The minimum absolute atomic E-state index is 0.146. The zero-order chi connectivity index (χ0) is 13.2. The molecule has 1 aromatic rings. The first-order chi connectivity index (χ1) is 8.60. The number of nitrogens with one attached hydrogen (secondary N) is 1. The highest BCUT2D eigenvalue weighted by molar-refractivity contribution is 6.31. The Balaban J connectivity index is 2.20. The fraction of sp³-hybridized carbons (Fsp3) is 0.538. The van der Waals surface area contributed by atoms with Crippen LogP contribution in [0.1, 0.15) is 37.3 Å². The van der Waals surface area contributed by atoms with Crippen LogP contribution in [0.3, 0.4) is 0 Å². The van der Waals surface area contributed by atoms with Crippen molar-refractivity contribution in [2.24, 2.45) is 5.84 Å². The van der Waals surface area contributed by atoms with Crippen LogP contribution in [0.2, 0.25) is 5.02 Å². The average molecular weight is 273 g/mol. The lowest BCUT2D eigenvalue weighted by molar-refractivity contribution is -0.0838. The standard InChI is InChI=1S/C13H18ClFN2O/c1-18-13(5-2-6-13)8-12(17-16)10-7-9(15)3-4-11(10)14/h3-4,7,12,17H,2,5-6,8,16H2,1H3. The van der Waals surface area contributed by atoms with Gasteiger partial charge in [-0.25, -0.2) is 4.39 Å². The summed E-state index contributed by atoms with van der Waals surface area (Å²) in [6.45, 7) is 0. The Morgan fingerprint density at radius 1 is 1.56 bits per heavy atom. The highest BCUT2D eigenvalue weighted by atomic mass is 35.5. The molecule has 0 bridgehead atoms. The van der Waals surface area contributed by atoms with Gasteiger partial charge >= 0.3 is 0 Å². The first-order valence-corrected chi connectivity index (χ1v) is 6.44.